The molecule has 1 fully saturated rings. The molecule has 3 aromatic heterocycles. The smallest absolute Gasteiger partial charge is 0.249 e. The average molecular weight is 411 g/mol. The first kappa shape index (κ1) is 19.3. The molecular weight excluding hydrogens is 390 g/mol. The van der Waals surface area contributed by atoms with E-state index in [4.69, 9.17) is 4.74 Å². The molecule has 0 aliphatic carbocycles. The molecule has 1 aliphatic heterocycles. The summed E-state index contributed by atoms with van der Waals surface area (Å²) >= 11 is 1.51. The van der Waals surface area contributed by atoms with Gasteiger partial charge < -0.3 is 14.6 Å². The van der Waals surface area contributed by atoms with E-state index in [-0.39, 0.29) is 18.6 Å². The standard InChI is InChI=1S/C19H21N7O2S/c1-12-13(2)25(10-14-5-3-7-28-14)19(15(12)9-20)21-17(27)11-26-23-18(22-24-26)16-6-4-8-29-16/h4,6,8,14H,3,5,7,10-11H2,1-2H3,(H,21,27). The predicted octanol–water partition coefficient (Wildman–Crippen LogP) is 2.51. The Kier molecular flexibility index (Phi) is 5.42. The van der Waals surface area contributed by atoms with Crippen LogP contribution in [0.25, 0.3) is 10.7 Å². The van der Waals surface area contributed by atoms with E-state index in [0.29, 0.717) is 23.8 Å². The van der Waals surface area contributed by atoms with E-state index in [0.717, 1.165) is 35.6 Å². The monoisotopic (exact) mass is 411 g/mol. The van der Waals surface area contributed by atoms with E-state index in [1.54, 1.807) is 0 Å². The van der Waals surface area contributed by atoms with E-state index in [1.807, 2.05) is 35.9 Å². The number of carbonyl (C=O) groups is 1. The zero-order valence-electron chi connectivity index (χ0n) is 16.3. The lowest BCUT2D eigenvalue weighted by Crippen LogP contribution is -2.24. The third kappa shape index (κ3) is 3.92. The lowest BCUT2D eigenvalue weighted by Gasteiger charge is -2.16. The number of amides is 1. The maximum atomic E-state index is 12.7. The molecule has 1 unspecified atom stereocenters. The molecule has 0 saturated carbocycles. The number of hydrogen-bond acceptors (Lipinski definition) is 7. The lowest BCUT2D eigenvalue weighted by molar-refractivity contribution is -0.117. The molecule has 0 spiro atoms. The normalized spacial score (nSPS) is 16.1. The summed E-state index contributed by atoms with van der Waals surface area (Å²) in [6.45, 7) is 5.11. The van der Waals surface area contributed by atoms with Gasteiger partial charge in [-0.3, -0.25) is 4.79 Å². The minimum absolute atomic E-state index is 0.0908. The number of thiophene rings is 1. The highest BCUT2D eigenvalue weighted by molar-refractivity contribution is 7.13. The zero-order chi connectivity index (χ0) is 20.4. The highest BCUT2D eigenvalue weighted by atomic mass is 32.1. The van der Waals surface area contributed by atoms with Gasteiger partial charge in [0, 0.05) is 12.3 Å². The molecule has 1 atom stereocenters. The Bertz CT molecular complexity index is 1060. The maximum absolute atomic E-state index is 12.7. The van der Waals surface area contributed by atoms with Crippen molar-refractivity contribution in [2.24, 2.45) is 0 Å². The van der Waals surface area contributed by atoms with Crippen LogP contribution in [0.1, 0.15) is 29.7 Å². The number of carbonyl (C=O) groups excluding carboxylic acids is 1. The van der Waals surface area contributed by atoms with Crippen LogP contribution in [0.2, 0.25) is 0 Å². The van der Waals surface area contributed by atoms with Gasteiger partial charge in [0.25, 0.3) is 0 Å². The van der Waals surface area contributed by atoms with E-state index in [2.05, 4.69) is 26.8 Å². The molecule has 4 heterocycles. The second-order valence-corrected chi connectivity index (χ2v) is 7.91. The molecule has 3 aromatic rings. The van der Waals surface area contributed by atoms with Crippen LogP contribution in [0.5, 0.6) is 0 Å². The van der Waals surface area contributed by atoms with Gasteiger partial charge in [0.2, 0.25) is 11.7 Å². The first-order chi connectivity index (χ1) is 14.1. The number of nitrogens with one attached hydrogen (secondary N) is 1. The molecule has 10 heteroatoms. The molecule has 1 aliphatic rings. The third-order valence-corrected chi connectivity index (χ3v) is 5.95. The Hall–Kier alpha value is -3.03. The summed E-state index contributed by atoms with van der Waals surface area (Å²) in [6, 6.07) is 6.02. The largest absolute Gasteiger partial charge is 0.376 e. The molecule has 150 valence electrons. The van der Waals surface area contributed by atoms with Crippen LogP contribution in [-0.4, -0.2) is 43.4 Å². The van der Waals surface area contributed by atoms with E-state index >= 15 is 0 Å². The Balaban J connectivity index is 1.52. The zero-order valence-corrected chi connectivity index (χ0v) is 17.1. The van der Waals surface area contributed by atoms with Gasteiger partial charge in [-0.2, -0.15) is 10.1 Å². The van der Waals surface area contributed by atoms with Crippen molar-refractivity contribution in [1.29, 1.82) is 5.26 Å². The Morgan fingerprint density at radius 1 is 1.48 bits per heavy atom. The van der Waals surface area contributed by atoms with Crippen LogP contribution >= 0.6 is 11.3 Å². The Labute approximate surface area is 171 Å². The fourth-order valence-corrected chi connectivity index (χ4v) is 4.11. The summed E-state index contributed by atoms with van der Waals surface area (Å²) in [4.78, 5) is 14.8. The number of anilines is 1. The van der Waals surface area contributed by atoms with E-state index in [9.17, 15) is 10.1 Å². The second kappa shape index (κ2) is 8.14. The van der Waals surface area contributed by atoms with Crippen LogP contribution < -0.4 is 5.32 Å². The molecule has 1 N–H and O–H groups in total. The summed E-state index contributed by atoms with van der Waals surface area (Å²) in [5.74, 6) is 0.670. The molecule has 0 radical (unpaired) electrons. The van der Waals surface area contributed by atoms with Gasteiger partial charge in [0.1, 0.15) is 18.4 Å². The SMILES string of the molecule is Cc1c(C#N)c(NC(=O)Cn2nnc(-c3cccs3)n2)n(CC2CCCO2)c1C. The minimum atomic E-state index is -0.317. The maximum Gasteiger partial charge on any atom is 0.249 e. The van der Waals surface area contributed by atoms with Crippen molar-refractivity contribution in [2.75, 3.05) is 11.9 Å². The fraction of sp³-hybridized carbons (Fsp3) is 0.421. The highest BCUT2D eigenvalue weighted by Gasteiger charge is 2.24. The molecule has 1 saturated heterocycles. The predicted molar refractivity (Wildman–Crippen MR) is 107 cm³/mol. The molecule has 0 bridgehead atoms. The number of ether oxygens (including phenoxy) is 1. The lowest BCUT2D eigenvalue weighted by atomic mass is 10.2. The van der Waals surface area contributed by atoms with Crippen LogP contribution in [0.4, 0.5) is 5.82 Å². The number of rotatable bonds is 6. The average Bonchev–Trinajstić information content (AvgIpc) is 3.48. The summed E-state index contributed by atoms with van der Waals surface area (Å²) in [5.41, 5.74) is 2.28. The number of tetrazole rings is 1. The summed E-state index contributed by atoms with van der Waals surface area (Å²) in [5, 5.41) is 26.6. The summed E-state index contributed by atoms with van der Waals surface area (Å²) < 4.78 is 7.71. The van der Waals surface area contributed by atoms with Gasteiger partial charge in [-0.25, -0.2) is 0 Å². The van der Waals surface area contributed by atoms with Crippen molar-refractivity contribution < 1.29 is 9.53 Å². The Morgan fingerprint density at radius 3 is 3.03 bits per heavy atom. The van der Waals surface area contributed by atoms with Crippen molar-refractivity contribution in [3.63, 3.8) is 0 Å². The van der Waals surface area contributed by atoms with Crippen LogP contribution in [0.3, 0.4) is 0 Å². The van der Waals surface area contributed by atoms with Gasteiger partial charge in [-0.05, 0) is 48.9 Å². The number of hydrogen-bond donors (Lipinski definition) is 1. The number of aromatic nitrogens is 5. The molecule has 1 amide bonds. The topological polar surface area (TPSA) is 111 Å². The quantitative estimate of drug-likeness (QED) is 0.667. The number of nitrogens with zero attached hydrogens (tertiary/aromatic N) is 6. The van der Waals surface area contributed by atoms with E-state index < -0.39 is 0 Å². The van der Waals surface area contributed by atoms with E-state index in [1.165, 1.54) is 16.1 Å². The first-order valence-corrected chi connectivity index (χ1v) is 10.3. The van der Waals surface area contributed by atoms with Crippen LogP contribution in [-0.2, 0) is 22.6 Å². The van der Waals surface area contributed by atoms with Gasteiger partial charge in [-0.1, -0.05) is 6.07 Å². The molecule has 4 rings (SSSR count). The van der Waals surface area contributed by atoms with Crippen molar-refractivity contribution >= 4 is 23.1 Å². The van der Waals surface area contributed by atoms with Gasteiger partial charge in [-0.15, -0.1) is 21.5 Å². The fourth-order valence-electron chi connectivity index (χ4n) is 3.47. The van der Waals surface area contributed by atoms with Crippen LogP contribution in [0, 0.1) is 25.2 Å². The minimum Gasteiger partial charge on any atom is -0.376 e. The van der Waals surface area contributed by atoms with Crippen molar-refractivity contribution in [2.45, 2.75) is 45.9 Å². The molecular formula is C19H21N7O2S. The highest BCUT2D eigenvalue weighted by Crippen LogP contribution is 2.28. The van der Waals surface area contributed by atoms with Crippen molar-refractivity contribution in [3.8, 4) is 16.8 Å². The van der Waals surface area contributed by atoms with Crippen molar-refractivity contribution in [3.05, 3.63) is 34.3 Å². The number of nitriles is 1. The molecule has 9 nitrogen and oxygen atoms in total. The first-order valence-electron chi connectivity index (χ1n) is 9.39. The molecule has 0 aromatic carbocycles. The van der Waals surface area contributed by atoms with Gasteiger partial charge >= 0.3 is 0 Å². The Morgan fingerprint density at radius 2 is 2.34 bits per heavy atom. The molecule has 29 heavy (non-hydrogen) atoms. The second-order valence-electron chi connectivity index (χ2n) is 6.96. The summed E-state index contributed by atoms with van der Waals surface area (Å²) in [7, 11) is 0. The van der Waals surface area contributed by atoms with Crippen molar-refractivity contribution in [1.82, 2.24) is 24.8 Å². The summed E-state index contributed by atoms with van der Waals surface area (Å²) in [6.07, 6.45) is 2.09. The van der Waals surface area contributed by atoms with Gasteiger partial charge in [0.15, 0.2) is 0 Å². The third-order valence-electron chi connectivity index (χ3n) is 5.09. The van der Waals surface area contributed by atoms with Crippen LogP contribution in [0.15, 0.2) is 17.5 Å². The van der Waals surface area contributed by atoms with Gasteiger partial charge in [0.05, 0.1) is 23.1 Å².